The van der Waals surface area contributed by atoms with Crippen molar-refractivity contribution in [2.75, 3.05) is 18.9 Å². The van der Waals surface area contributed by atoms with Gasteiger partial charge in [-0.2, -0.15) is 4.98 Å². The van der Waals surface area contributed by atoms with E-state index in [0.29, 0.717) is 0 Å². The van der Waals surface area contributed by atoms with Crippen LogP contribution in [0.1, 0.15) is 19.6 Å². The summed E-state index contributed by atoms with van der Waals surface area (Å²) in [5.74, 6) is -6.20. The van der Waals surface area contributed by atoms with Crippen molar-refractivity contribution in [2.24, 2.45) is 0 Å². The highest BCUT2D eigenvalue weighted by Crippen LogP contribution is 2.51. The second-order valence-electron chi connectivity index (χ2n) is 9.32. The molecule has 3 rings (SSSR count). The first-order valence-corrected chi connectivity index (χ1v) is 13.4. The molecule has 2 saturated heterocycles. The van der Waals surface area contributed by atoms with Gasteiger partial charge in [-0.15, -0.1) is 0 Å². The third-order valence-corrected chi connectivity index (χ3v) is 7.32. The van der Waals surface area contributed by atoms with Gasteiger partial charge in [0.1, 0.15) is 42.4 Å². The fourth-order valence-corrected chi connectivity index (χ4v) is 5.27. The molecule has 1 amide bonds. The Balaban J connectivity index is 1.79. The smallest absolute Gasteiger partial charge is 0.475 e. The number of carboxylic acid groups (broad SMARTS) is 1. The van der Waals surface area contributed by atoms with Crippen LogP contribution in [0.5, 0.6) is 0 Å². The molecule has 0 bridgehead atoms. The van der Waals surface area contributed by atoms with E-state index in [0.717, 1.165) is 17.7 Å². The highest BCUT2D eigenvalue weighted by atomic mass is 31.2. The Morgan fingerprint density at radius 1 is 1.32 bits per heavy atom. The molecule has 11 atom stereocenters. The third-order valence-electron chi connectivity index (χ3n) is 6.31. The lowest BCUT2D eigenvalue weighted by Gasteiger charge is -2.46. The van der Waals surface area contributed by atoms with Gasteiger partial charge in [0.2, 0.25) is 5.91 Å². The van der Waals surface area contributed by atoms with E-state index in [9.17, 15) is 59.6 Å². The summed E-state index contributed by atoms with van der Waals surface area (Å²) < 4.78 is 33.7. The van der Waals surface area contributed by atoms with Crippen molar-refractivity contribution in [3.63, 3.8) is 0 Å². The number of nitrogens with two attached hydrogens (primary N) is 1. The normalized spacial score (nSPS) is 34.9. The molecule has 3 heterocycles. The summed E-state index contributed by atoms with van der Waals surface area (Å²) in [6, 6.07) is -0.362. The maximum Gasteiger partial charge on any atom is 0.475 e. The molecule has 0 aromatic carbocycles. The van der Waals surface area contributed by atoms with Crippen LogP contribution >= 0.6 is 7.82 Å². The van der Waals surface area contributed by atoms with Crippen LogP contribution in [-0.4, -0.2) is 130 Å². The average Bonchev–Trinajstić information content (AvgIpc) is 3.16. The monoisotopic (exact) mass is 614 g/mol. The zero-order valence-corrected chi connectivity index (χ0v) is 22.1. The Labute approximate surface area is 230 Å². The number of nitrogens with one attached hydrogen (secondary N) is 1. The average molecular weight is 614 g/mol. The number of aromatic nitrogens is 2. The molecule has 1 aromatic rings. The Hall–Kier alpha value is -2.59. The molecular formula is C20H31N4O16P. The van der Waals surface area contributed by atoms with E-state index < -0.39 is 106 Å². The number of rotatable bonds is 11. The van der Waals surface area contributed by atoms with E-state index in [2.05, 4.69) is 10.3 Å². The molecule has 21 heteroatoms. The highest BCUT2D eigenvalue weighted by Gasteiger charge is 2.59. The Morgan fingerprint density at radius 3 is 2.54 bits per heavy atom. The van der Waals surface area contributed by atoms with E-state index in [1.807, 2.05) is 0 Å². The Kier molecular flexibility index (Phi) is 10.2. The van der Waals surface area contributed by atoms with Gasteiger partial charge in [-0.1, -0.05) is 0 Å². The van der Waals surface area contributed by atoms with Crippen molar-refractivity contribution in [3.05, 3.63) is 22.7 Å². The number of carboxylic acids is 1. The van der Waals surface area contributed by atoms with E-state index >= 15 is 0 Å². The predicted molar refractivity (Wildman–Crippen MR) is 128 cm³/mol. The molecule has 232 valence electrons. The van der Waals surface area contributed by atoms with Gasteiger partial charge < -0.3 is 61.2 Å². The van der Waals surface area contributed by atoms with Crippen LogP contribution in [-0.2, 0) is 32.7 Å². The first kappa shape index (κ1) is 32.9. The summed E-state index contributed by atoms with van der Waals surface area (Å²) in [6.45, 7) is -1.05. The summed E-state index contributed by atoms with van der Waals surface area (Å²) >= 11 is 0. The second-order valence-corrected chi connectivity index (χ2v) is 10.7. The van der Waals surface area contributed by atoms with Gasteiger partial charge >= 0.3 is 19.5 Å². The van der Waals surface area contributed by atoms with E-state index in [1.54, 1.807) is 0 Å². The number of phosphoric acid groups is 1. The lowest BCUT2D eigenvalue weighted by Crippen LogP contribution is -2.67. The SMILES string of the molecule is CC(=O)NC1C(O)C[C@](OP(=O)(O)OCC2OC(n3ccc(N)nc3=O)C(O)C2O)(C(=O)O)OC1C(O)C(O)CO. The van der Waals surface area contributed by atoms with E-state index in [4.69, 9.17) is 24.3 Å². The number of aliphatic carboxylic acids is 1. The van der Waals surface area contributed by atoms with Crippen molar-refractivity contribution >= 4 is 25.5 Å². The van der Waals surface area contributed by atoms with Gasteiger partial charge in [-0.25, -0.2) is 18.7 Å². The van der Waals surface area contributed by atoms with Crippen LogP contribution in [0, 0.1) is 0 Å². The molecule has 20 nitrogen and oxygen atoms in total. The number of hydrogen-bond acceptors (Lipinski definition) is 16. The van der Waals surface area contributed by atoms with Crippen LogP contribution in [0.4, 0.5) is 5.82 Å². The zero-order valence-electron chi connectivity index (χ0n) is 21.2. The van der Waals surface area contributed by atoms with Gasteiger partial charge in [-0.3, -0.25) is 13.9 Å². The van der Waals surface area contributed by atoms with Gasteiger partial charge in [0.05, 0.1) is 25.4 Å². The number of anilines is 1. The van der Waals surface area contributed by atoms with Crippen LogP contribution < -0.4 is 16.7 Å². The first-order valence-electron chi connectivity index (χ1n) is 11.9. The zero-order chi connectivity index (χ0) is 30.9. The number of amides is 1. The van der Waals surface area contributed by atoms with Gasteiger partial charge in [0, 0.05) is 19.5 Å². The lowest BCUT2D eigenvalue weighted by atomic mass is 9.88. The maximum absolute atomic E-state index is 12.8. The minimum absolute atomic E-state index is 0.135. The van der Waals surface area contributed by atoms with Crippen molar-refractivity contribution in [1.29, 1.82) is 0 Å². The molecule has 10 unspecified atom stereocenters. The Morgan fingerprint density at radius 2 is 1.98 bits per heavy atom. The number of nitrogen functional groups attached to an aromatic ring is 1. The molecule has 2 fully saturated rings. The number of hydrogen-bond donors (Lipinski definition) is 10. The number of ether oxygens (including phenoxy) is 2. The standard InChI is InChI=1S/C20H31N4O16P/c1-7(26)22-12-8(27)4-20(18(32)33,39-16(12)13(29)9(28)5-25)40-41(35,36)37-6-10-14(30)15(31)17(38-10)24-3-2-11(21)23-19(24)34/h2-3,8-10,12-17,25,27-31H,4-6H2,1H3,(H,22,26)(H,32,33)(H,35,36)(H2,21,23,34)/t8?,9?,10?,12?,13?,14?,15?,16?,17?,20-/m0/s1. The third kappa shape index (κ3) is 7.25. The maximum atomic E-state index is 12.8. The quantitative estimate of drug-likeness (QED) is 0.104. The van der Waals surface area contributed by atoms with Gasteiger partial charge in [0.15, 0.2) is 6.23 Å². The van der Waals surface area contributed by atoms with Crippen LogP contribution in [0.25, 0.3) is 0 Å². The van der Waals surface area contributed by atoms with Crippen LogP contribution in [0.3, 0.4) is 0 Å². The number of aliphatic hydroxyl groups excluding tert-OH is 6. The highest BCUT2D eigenvalue weighted by molar-refractivity contribution is 7.47. The molecule has 0 saturated carbocycles. The first-order chi connectivity index (χ1) is 19.0. The summed E-state index contributed by atoms with van der Waals surface area (Å²) in [6.07, 6.45) is -14.6. The minimum Gasteiger partial charge on any atom is -0.477 e. The molecule has 2 aliphatic rings. The van der Waals surface area contributed by atoms with Crippen molar-refractivity contribution in [3.8, 4) is 0 Å². The Bertz CT molecular complexity index is 1220. The molecule has 41 heavy (non-hydrogen) atoms. The molecule has 11 N–H and O–H groups in total. The summed E-state index contributed by atoms with van der Waals surface area (Å²) in [7, 11) is -5.52. The summed E-state index contributed by atoms with van der Waals surface area (Å²) in [4.78, 5) is 49.6. The van der Waals surface area contributed by atoms with E-state index in [1.165, 1.54) is 6.07 Å². The van der Waals surface area contributed by atoms with Crippen molar-refractivity contribution in [1.82, 2.24) is 14.9 Å². The van der Waals surface area contributed by atoms with Crippen LogP contribution in [0.15, 0.2) is 17.1 Å². The molecule has 0 spiro atoms. The lowest BCUT2D eigenvalue weighted by molar-refractivity contribution is -0.289. The van der Waals surface area contributed by atoms with Gasteiger partial charge in [-0.05, 0) is 6.07 Å². The van der Waals surface area contributed by atoms with Gasteiger partial charge in [0.25, 0.3) is 5.79 Å². The fraction of sp³-hybridized carbons (Fsp3) is 0.700. The summed E-state index contributed by atoms with van der Waals surface area (Å²) in [5, 5.41) is 72.7. The number of nitrogens with zero attached hydrogens (tertiary/aromatic N) is 2. The largest absolute Gasteiger partial charge is 0.477 e. The molecule has 0 aliphatic carbocycles. The second kappa shape index (κ2) is 12.7. The molecule has 1 aromatic heterocycles. The predicted octanol–water partition coefficient (Wildman–Crippen LogP) is -5.27. The number of carbonyl (C=O) groups is 2. The topological polar surface area (TPSA) is 323 Å². The molecule has 0 radical (unpaired) electrons. The fourth-order valence-electron chi connectivity index (χ4n) is 4.32. The van der Waals surface area contributed by atoms with Crippen molar-refractivity contribution < 1.29 is 73.3 Å². The van der Waals surface area contributed by atoms with Crippen molar-refractivity contribution in [2.45, 2.75) is 74.1 Å². The van der Waals surface area contributed by atoms with E-state index in [-0.39, 0.29) is 5.82 Å². The minimum atomic E-state index is -5.52. The molecule has 2 aliphatic heterocycles. The number of phosphoric ester groups is 1. The number of aliphatic hydroxyl groups is 6. The number of carbonyl (C=O) groups excluding carboxylic acids is 1. The summed E-state index contributed by atoms with van der Waals surface area (Å²) in [5.41, 5.74) is 4.46. The van der Waals surface area contributed by atoms with Crippen LogP contribution in [0.2, 0.25) is 0 Å². The molecular weight excluding hydrogens is 583 g/mol.